The molecule has 1 aromatic carbocycles. The number of anilines is 1. The van der Waals surface area contributed by atoms with Crippen molar-refractivity contribution in [2.75, 3.05) is 25.1 Å². The number of nitrogens with one attached hydrogen (secondary N) is 2. The lowest BCUT2D eigenvalue weighted by atomic mass is 10.2. The highest BCUT2D eigenvalue weighted by molar-refractivity contribution is 5.91. The Balaban J connectivity index is 0.00000210. The highest BCUT2D eigenvalue weighted by Crippen LogP contribution is 2.38. The van der Waals surface area contributed by atoms with Gasteiger partial charge in [-0.3, -0.25) is 4.79 Å². The minimum absolute atomic E-state index is 0. The van der Waals surface area contributed by atoms with Crippen molar-refractivity contribution in [1.29, 1.82) is 0 Å². The topological polar surface area (TPSA) is 98.5 Å². The molecule has 1 aromatic heterocycles. The minimum atomic E-state index is -0.0407. The number of halogens is 1. The molecule has 1 unspecified atom stereocenters. The van der Waals surface area contributed by atoms with Gasteiger partial charge in [0.2, 0.25) is 17.6 Å². The first kappa shape index (κ1) is 19.6. The van der Waals surface area contributed by atoms with Gasteiger partial charge in [0.15, 0.2) is 6.61 Å². The van der Waals surface area contributed by atoms with Crippen LogP contribution in [0.2, 0.25) is 0 Å². The maximum atomic E-state index is 12.1. The summed E-state index contributed by atoms with van der Waals surface area (Å²) in [6, 6.07) is 7.30. The quantitative estimate of drug-likeness (QED) is 0.743. The van der Waals surface area contributed by atoms with Crippen LogP contribution < -0.4 is 15.4 Å². The van der Waals surface area contributed by atoms with Gasteiger partial charge in [0.05, 0.1) is 13.2 Å². The largest absolute Gasteiger partial charge is 0.485 e. The summed E-state index contributed by atoms with van der Waals surface area (Å²) < 4.78 is 16.2. The van der Waals surface area contributed by atoms with Gasteiger partial charge in [-0.2, -0.15) is 4.98 Å². The third-order valence-corrected chi connectivity index (χ3v) is 4.35. The lowest BCUT2D eigenvalue weighted by Crippen LogP contribution is -2.43. The summed E-state index contributed by atoms with van der Waals surface area (Å²) in [6.07, 6.45) is 2.64. The molecule has 2 fully saturated rings. The van der Waals surface area contributed by atoms with Crippen molar-refractivity contribution in [1.82, 2.24) is 15.5 Å². The lowest BCUT2D eigenvalue weighted by molar-refractivity contribution is -0.117. The maximum absolute atomic E-state index is 12.1. The molecule has 4 rings (SSSR count). The molecule has 0 radical (unpaired) electrons. The monoisotopic (exact) mass is 394 g/mol. The van der Waals surface area contributed by atoms with Crippen LogP contribution in [0.1, 0.15) is 36.9 Å². The van der Waals surface area contributed by atoms with Crippen molar-refractivity contribution in [3.63, 3.8) is 0 Å². The number of rotatable bonds is 7. The molecule has 1 saturated heterocycles. The van der Waals surface area contributed by atoms with E-state index in [2.05, 4.69) is 20.8 Å². The van der Waals surface area contributed by atoms with Gasteiger partial charge in [-0.1, -0.05) is 5.16 Å². The molecule has 2 heterocycles. The molecular weight excluding hydrogens is 372 g/mol. The summed E-state index contributed by atoms with van der Waals surface area (Å²) in [6.45, 7) is 2.31. The fourth-order valence-electron chi connectivity index (χ4n) is 2.79. The summed E-state index contributed by atoms with van der Waals surface area (Å²) in [5.41, 5.74) is 0.731. The standard InChI is InChI=1S/C18H22N4O4.ClH/c23-17(9-14-10-24-8-7-19-14)20-13-3-5-15(6-4-13)25-11-16-21-18(26-22-16)12-1-2-12;/h3-6,12,14,19H,1-2,7-11H2,(H,20,23);1H. The van der Waals surface area contributed by atoms with Crippen molar-refractivity contribution in [3.8, 4) is 5.75 Å². The molecule has 2 aliphatic rings. The molecule has 0 spiro atoms. The number of nitrogens with zero attached hydrogens (tertiary/aromatic N) is 2. The zero-order valence-electron chi connectivity index (χ0n) is 14.8. The average molecular weight is 395 g/mol. The van der Waals surface area contributed by atoms with Crippen LogP contribution in [0.5, 0.6) is 5.75 Å². The molecule has 2 N–H and O–H groups in total. The number of hydrogen-bond acceptors (Lipinski definition) is 7. The van der Waals surface area contributed by atoms with Gasteiger partial charge >= 0.3 is 0 Å². The van der Waals surface area contributed by atoms with E-state index in [0.717, 1.165) is 25.1 Å². The average Bonchev–Trinajstić information content (AvgIpc) is 3.40. The van der Waals surface area contributed by atoms with Crippen LogP contribution in [0.4, 0.5) is 5.69 Å². The van der Waals surface area contributed by atoms with Crippen LogP contribution in [0.3, 0.4) is 0 Å². The molecule has 1 aliphatic heterocycles. The number of carbonyl (C=O) groups excluding carboxylic acids is 1. The second-order valence-corrected chi connectivity index (χ2v) is 6.61. The molecule has 146 valence electrons. The SMILES string of the molecule is Cl.O=C(CC1COCCN1)Nc1ccc(OCc2noc(C3CC3)n2)cc1. The van der Waals surface area contributed by atoms with Gasteiger partial charge in [0.25, 0.3) is 0 Å². The van der Waals surface area contributed by atoms with Gasteiger partial charge in [-0.05, 0) is 37.1 Å². The lowest BCUT2D eigenvalue weighted by Gasteiger charge is -2.23. The van der Waals surface area contributed by atoms with Crippen molar-refractivity contribution < 1.29 is 18.8 Å². The normalized spacial score (nSPS) is 19.2. The summed E-state index contributed by atoms with van der Waals surface area (Å²) >= 11 is 0. The predicted octanol–water partition coefficient (Wildman–Crippen LogP) is 2.26. The summed E-state index contributed by atoms with van der Waals surface area (Å²) in [7, 11) is 0. The van der Waals surface area contributed by atoms with E-state index in [1.807, 2.05) is 12.1 Å². The van der Waals surface area contributed by atoms with Gasteiger partial charge in [-0.25, -0.2) is 0 Å². The number of morpholine rings is 1. The third-order valence-electron chi connectivity index (χ3n) is 4.35. The fraction of sp³-hybridized carbons (Fsp3) is 0.500. The first-order valence-corrected chi connectivity index (χ1v) is 8.92. The van der Waals surface area contributed by atoms with E-state index in [9.17, 15) is 4.79 Å². The number of benzene rings is 1. The smallest absolute Gasteiger partial charge is 0.229 e. The molecule has 0 bridgehead atoms. The van der Waals surface area contributed by atoms with Crippen molar-refractivity contribution in [2.45, 2.75) is 37.8 Å². The second kappa shape index (κ2) is 9.16. The predicted molar refractivity (Wildman–Crippen MR) is 100 cm³/mol. The number of aromatic nitrogens is 2. The fourth-order valence-corrected chi connectivity index (χ4v) is 2.79. The molecule has 1 aliphatic carbocycles. The third kappa shape index (κ3) is 5.66. The van der Waals surface area contributed by atoms with Gasteiger partial charge in [-0.15, -0.1) is 12.4 Å². The van der Waals surface area contributed by atoms with Crippen LogP contribution in [-0.4, -0.2) is 41.8 Å². The molecule has 1 saturated carbocycles. The maximum Gasteiger partial charge on any atom is 0.229 e. The van der Waals surface area contributed by atoms with Crippen LogP contribution in [0.15, 0.2) is 28.8 Å². The Morgan fingerprint density at radius 1 is 1.30 bits per heavy atom. The van der Waals surface area contributed by atoms with Gasteiger partial charge in [0, 0.05) is 30.6 Å². The van der Waals surface area contributed by atoms with Crippen LogP contribution in [0.25, 0.3) is 0 Å². The molecule has 2 aromatic rings. The Morgan fingerprint density at radius 3 is 2.81 bits per heavy atom. The number of amides is 1. The zero-order valence-corrected chi connectivity index (χ0v) is 15.7. The Bertz CT molecular complexity index is 742. The van der Waals surface area contributed by atoms with E-state index in [0.29, 0.717) is 43.0 Å². The Hall–Kier alpha value is -2.16. The number of ether oxygens (including phenoxy) is 2. The molecule has 27 heavy (non-hydrogen) atoms. The van der Waals surface area contributed by atoms with Gasteiger partial charge in [0.1, 0.15) is 5.75 Å². The summed E-state index contributed by atoms with van der Waals surface area (Å²) in [4.78, 5) is 16.4. The van der Waals surface area contributed by atoms with E-state index >= 15 is 0 Å². The number of hydrogen-bond donors (Lipinski definition) is 2. The molecule has 9 heteroatoms. The van der Waals surface area contributed by atoms with E-state index in [1.54, 1.807) is 12.1 Å². The van der Waals surface area contributed by atoms with Crippen LogP contribution in [-0.2, 0) is 16.1 Å². The first-order valence-electron chi connectivity index (χ1n) is 8.92. The molecule has 8 nitrogen and oxygen atoms in total. The van der Waals surface area contributed by atoms with Crippen LogP contribution >= 0.6 is 12.4 Å². The summed E-state index contributed by atoms with van der Waals surface area (Å²) in [5, 5.41) is 10.1. The van der Waals surface area contributed by atoms with Crippen molar-refractivity contribution >= 4 is 24.0 Å². The molecule has 1 atom stereocenters. The highest BCUT2D eigenvalue weighted by Gasteiger charge is 2.29. The summed E-state index contributed by atoms with van der Waals surface area (Å²) in [5.74, 6) is 2.34. The Kier molecular flexibility index (Phi) is 6.65. The van der Waals surface area contributed by atoms with E-state index in [1.165, 1.54) is 0 Å². The first-order chi connectivity index (χ1) is 12.8. The Morgan fingerprint density at radius 2 is 2.11 bits per heavy atom. The van der Waals surface area contributed by atoms with E-state index < -0.39 is 0 Å². The number of carbonyl (C=O) groups is 1. The van der Waals surface area contributed by atoms with Crippen molar-refractivity contribution in [2.24, 2.45) is 0 Å². The second-order valence-electron chi connectivity index (χ2n) is 6.61. The zero-order chi connectivity index (χ0) is 17.8. The minimum Gasteiger partial charge on any atom is -0.485 e. The van der Waals surface area contributed by atoms with E-state index in [4.69, 9.17) is 14.0 Å². The highest BCUT2D eigenvalue weighted by atomic mass is 35.5. The van der Waals surface area contributed by atoms with Crippen molar-refractivity contribution in [3.05, 3.63) is 36.0 Å². The van der Waals surface area contributed by atoms with Crippen LogP contribution in [0, 0.1) is 0 Å². The molecular formula is C18H23ClN4O4. The van der Waals surface area contributed by atoms with Gasteiger partial charge < -0.3 is 24.6 Å². The Labute approximate surface area is 163 Å². The van der Waals surface area contributed by atoms with E-state index in [-0.39, 0.29) is 31.0 Å². The molecule has 1 amide bonds.